The van der Waals surface area contributed by atoms with E-state index < -0.39 is 10.0 Å². The predicted molar refractivity (Wildman–Crippen MR) is 77.2 cm³/mol. The van der Waals surface area contributed by atoms with Gasteiger partial charge in [-0.05, 0) is 25.8 Å². The van der Waals surface area contributed by atoms with Crippen molar-refractivity contribution in [3.05, 3.63) is 18.0 Å². The third-order valence-electron chi connectivity index (χ3n) is 3.36. The Labute approximate surface area is 116 Å². The molecule has 0 aliphatic carbocycles. The lowest BCUT2D eigenvalue weighted by atomic mass is 10.2. The molecule has 1 aromatic rings. The normalized spacial score (nSPS) is 13.9. The lowest BCUT2D eigenvalue weighted by Gasteiger charge is -2.27. The summed E-state index contributed by atoms with van der Waals surface area (Å²) in [5, 5.41) is 0. The maximum atomic E-state index is 12.6. The van der Waals surface area contributed by atoms with Crippen molar-refractivity contribution in [1.29, 1.82) is 0 Å². The van der Waals surface area contributed by atoms with Gasteiger partial charge in [-0.3, -0.25) is 0 Å². The molecule has 0 aliphatic heterocycles. The number of sulfonamides is 1. The lowest BCUT2D eigenvalue weighted by molar-refractivity contribution is 0.324. The van der Waals surface area contributed by atoms with Gasteiger partial charge in [-0.1, -0.05) is 20.3 Å². The molecule has 19 heavy (non-hydrogen) atoms. The fourth-order valence-corrected chi connectivity index (χ4v) is 3.68. The molecule has 1 atom stereocenters. The first-order valence-electron chi connectivity index (χ1n) is 6.86. The number of nitrogens with one attached hydrogen (secondary N) is 1. The van der Waals surface area contributed by atoms with Gasteiger partial charge >= 0.3 is 0 Å². The van der Waals surface area contributed by atoms with E-state index in [9.17, 15) is 8.42 Å². The van der Waals surface area contributed by atoms with Crippen molar-refractivity contribution >= 4 is 10.0 Å². The zero-order chi connectivity index (χ0) is 14.5. The van der Waals surface area contributed by atoms with E-state index in [4.69, 9.17) is 5.73 Å². The van der Waals surface area contributed by atoms with Gasteiger partial charge in [-0.15, -0.1) is 0 Å². The zero-order valence-electron chi connectivity index (χ0n) is 12.0. The number of aromatic nitrogens is 1. The van der Waals surface area contributed by atoms with E-state index in [1.54, 1.807) is 10.4 Å². The molecule has 1 rings (SSSR count). The average molecular weight is 287 g/mol. The molecule has 6 heteroatoms. The van der Waals surface area contributed by atoms with Crippen molar-refractivity contribution in [2.45, 2.75) is 57.5 Å². The summed E-state index contributed by atoms with van der Waals surface area (Å²) in [6.45, 7) is 6.89. The number of unbranched alkanes of at least 4 members (excludes halogenated alkanes) is 1. The maximum Gasteiger partial charge on any atom is 0.244 e. The number of hydrogen-bond donors (Lipinski definition) is 2. The molecule has 110 valence electrons. The second-order valence-electron chi connectivity index (χ2n) is 4.79. The Hall–Kier alpha value is -0.850. The predicted octanol–water partition coefficient (Wildman–Crippen LogP) is 2.06. The molecule has 3 N–H and O–H groups in total. The molecule has 1 unspecified atom stereocenters. The average Bonchev–Trinajstić information content (AvgIpc) is 2.88. The van der Waals surface area contributed by atoms with Crippen LogP contribution in [0.4, 0.5) is 0 Å². The van der Waals surface area contributed by atoms with Gasteiger partial charge in [0.15, 0.2) is 0 Å². The minimum atomic E-state index is -3.43. The molecular weight excluding hydrogens is 262 g/mol. The molecule has 0 saturated heterocycles. The van der Waals surface area contributed by atoms with Crippen molar-refractivity contribution in [2.75, 3.05) is 6.54 Å². The fraction of sp³-hybridized carbons (Fsp3) is 0.692. The maximum absolute atomic E-state index is 12.6. The monoisotopic (exact) mass is 287 g/mol. The summed E-state index contributed by atoms with van der Waals surface area (Å²) in [5.41, 5.74) is 6.24. The summed E-state index contributed by atoms with van der Waals surface area (Å²) in [4.78, 5) is 3.21. The van der Waals surface area contributed by atoms with Gasteiger partial charge in [0.05, 0.1) is 4.90 Å². The molecule has 0 amide bonds. The first-order valence-corrected chi connectivity index (χ1v) is 8.30. The number of aromatic amines is 1. The molecular formula is C13H25N3O2S. The number of nitrogens with zero attached hydrogens (tertiary/aromatic N) is 1. The SMILES string of the molecule is CCCCN(C(C)CC)S(=O)(=O)c1c[nH]c(CN)c1. The summed E-state index contributed by atoms with van der Waals surface area (Å²) >= 11 is 0. The van der Waals surface area contributed by atoms with Crippen LogP contribution in [0.15, 0.2) is 17.2 Å². The second-order valence-corrected chi connectivity index (χ2v) is 6.68. The van der Waals surface area contributed by atoms with Crippen LogP contribution in [0.2, 0.25) is 0 Å². The first-order chi connectivity index (χ1) is 8.97. The first kappa shape index (κ1) is 16.2. The Bertz CT molecular complexity index is 482. The molecule has 0 radical (unpaired) electrons. The number of H-pyrrole nitrogens is 1. The summed E-state index contributed by atoms with van der Waals surface area (Å²) in [6.07, 6.45) is 4.18. The number of hydrogen-bond acceptors (Lipinski definition) is 3. The van der Waals surface area contributed by atoms with Crippen LogP contribution in [0.25, 0.3) is 0 Å². The molecule has 0 fully saturated rings. The lowest BCUT2D eigenvalue weighted by Crippen LogP contribution is -2.38. The summed E-state index contributed by atoms with van der Waals surface area (Å²) < 4.78 is 26.9. The van der Waals surface area contributed by atoms with Crippen LogP contribution in [0.5, 0.6) is 0 Å². The molecule has 0 spiro atoms. The third kappa shape index (κ3) is 3.81. The Morgan fingerprint density at radius 1 is 1.42 bits per heavy atom. The van der Waals surface area contributed by atoms with Gasteiger partial charge in [-0.25, -0.2) is 8.42 Å². The minimum absolute atomic E-state index is 0.00720. The van der Waals surface area contributed by atoms with Crippen LogP contribution in [-0.4, -0.2) is 30.3 Å². The number of rotatable bonds is 8. The third-order valence-corrected chi connectivity index (χ3v) is 5.35. The van der Waals surface area contributed by atoms with E-state index in [0.717, 1.165) is 25.0 Å². The van der Waals surface area contributed by atoms with Crippen molar-refractivity contribution < 1.29 is 8.42 Å². The van der Waals surface area contributed by atoms with E-state index in [-0.39, 0.29) is 6.04 Å². The standard InChI is InChI=1S/C13H25N3O2S/c1-4-6-7-16(11(3)5-2)19(17,18)13-8-12(9-14)15-10-13/h8,10-11,15H,4-7,9,14H2,1-3H3. The quantitative estimate of drug-likeness (QED) is 0.768. The van der Waals surface area contributed by atoms with Crippen molar-refractivity contribution in [3.63, 3.8) is 0 Å². The summed E-state index contributed by atoms with van der Waals surface area (Å²) in [6, 6.07) is 1.63. The highest BCUT2D eigenvalue weighted by Gasteiger charge is 2.28. The van der Waals surface area contributed by atoms with E-state index in [2.05, 4.69) is 11.9 Å². The Morgan fingerprint density at radius 2 is 2.11 bits per heavy atom. The smallest absolute Gasteiger partial charge is 0.244 e. The van der Waals surface area contributed by atoms with Crippen molar-refractivity contribution in [1.82, 2.24) is 9.29 Å². The van der Waals surface area contributed by atoms with Crippen LogP contribution in [0.3, 0.4) is 0 Å². The van der Waals surface area contributed by atoms with Gasteiger partial charge in [-0.2, -0.15) is 4.31 Å². The molecule has 0 aromatic carbocycles. The second kappa shape index (κ2) is 7.07. The zero-order valence-corrected chi connectivity index (χ0v) is 12.8. The fourth-order valence-electron chi connectivity index (χ4n) is 1.92. The van der Waals surface area contributed by atoms with Gasteiger partial charge in [0.25, 0.3) is 0 Å². The van der Waals surface area contributed by atoms with E-state index in [1.807, 2.05) is 13.8 Å². The molecule has 1 aromatic heterocycles. The van der Waals surface area contributed by atoms with Crippen LogP contribution in [0.1, 0.15) is 45.7 Å². The largest absolute Gasteiger partial charge is 0.363 e. The van der Waals surface area contributed by atoms with Crippen LogP contribution in [0, 0.1) is 0 Å². The highest BCUT2D eigenvalue weighted by Crippen LogP contribution is 2.21. The van der Waals surface area contributed by atoms with Gasteiger partial charge < -0.3 is 10.7 Å². The van der Waals surface area contributed by atoms with Gasteiger partial charge in [0.2, 0.25) is 10.0 Å². The van der Waals surface area contributed by atoms with Crippen LogP contribution < -0.4 is 5.73 Å². The highest BCUT2D eigenvalue weighted by molar-refractivity contribution is 7.89. The molecule has 0 aliphatic rings. The minimum Gasteiger partial charge on any atom is -0.363 e. The van der Waals surface area contributed by atoms with Gasteiger partial charge in [0, 0.05) is 31.0 Å². The Kier molecular flexibility index (Phi) is 6.03. The molecule has 0 saturated carbocycles. The van der Waals surface area contributed by atoms with Gasteiger partial charge in [0.1, 0.15) is 0 Å². The van der Waals surface area contributed by atoms with Crippen molar-refractivity contribution in [2.24, 2.45) is 5.73 Å². The molecule has 5 nitrogen and oxygen atoms in total. The molecule has 0 bridgehead atoms. The Balaban J connectivity index is 3.04. The van der Waals surface area contributed by atoms with E-state index in [1.165, 1.54) is 6.20 Å². The van der Waals surface area contributed by atoms with Crippen molar-refractivity contribution in [3.8, 4) is 0 Å². The Morgan fingerprint density at radius 3 is 2.58 bits per heavy atom. The summed E-state index contributed by atoms with van der Waals surface area (Å²) in [7, 11) is -3.43. The molecule has 1 heterocycles. The van der Waals surface area contributed by atoms with Crippen LogP contribution in [-0.2, 0) is 16.6 Å². The topological polar surface area (TPSA) is 79.2 Å². The van der Waals surface area contributed by atoms with E-state index >= 15 is 0 Å². The van der Waals surface area contributed by atoms with Crippen LogP contribution >= 0.6 is 0 Å². The highest BCUT2D eigenvalue weighted by atomic mass is 32.2. The summed E-state index contributed by atoms with van der Waals surface area (Å²) in [5.74, 6) is 0. The number of nitrogens with two attached hydrogens (primary N) is 1. The van der Waals surface area contributed by atoms with E-state index in [0.29, 0.717) is 18.0 Å².